The zero-order valence-electron chi connectivity index (χ0n) is 9.65. The summed E-state index contributed by atoms with van der Waals surface area (Å²) in [6.45, 7) is 1.98. The van der Waals surface area contributed by atoms with Crippen molar-refractivity contribution in [3.8, 4) is 0 Å². The number of carbonyl (C=O) groups is 2. The van der Waals surface area contributed by atoms with E-state index in [0.29, 0.717) is 6.61 Å². The summed E-state index contributed by atoms with van der Waals surface area (Å²) in [5, 5.41) is 13.3. The van der Waals surface area contributed by atoms with Crippen molar-refractivity contribution in [3.05, 3.63) is 0 Å². The maximum absolute atomic E-state index is 11.2. The molecular weight excluding hydrogens is 216 g/mol. The van der Waals surface area contributed by atoms with E-state index in [1.165, 1.54) is 21.1 Å². The molecule has 0 aromatic rings. The SMILES string of the molecule is COCC(CNC(=O)N[C@H](C)C(=O)O)OC. The van der Waals surface area contributed by atoms with E-state index in [1.54, 1.807) is 0 Å². The topological polar surface area (TPSA) is 96.9 Å². The summed E-state index contributed by atoms with van der Waals surface area (Å²) in [6, 6.07) is -1.48. The second-order valence-corrected chi connectivity index (χ2v) is 3.23. The number of hydrogen-bond donors (Lipinski definition) is 3. The van der Waals surface area contributed by atoms with Gasteiger partial charge in [0, 0.05) is 20.8 Å². The smallest absolute Gasteiger partial charge is 0.325 e. The Labute approximate surface area is 94.1 Å². The molecule has 3 N–H and O–H groups in total. The molecule has 0 saturated carbocycles. The number of hydrogen-bond acceptors (Lipinski definition) is 4. The molecule has 0 aliphatic rings. The molecule has 2 amide bonds. The van der Waals surface area contributed by atoms with Crippen LogP contribution in [-0.2, 0) is 14.3 Å². The number of carboxylic acid groups (broad SMARTS) is 1. The normalized spacial score (nSPS) is 13.9. The highest BCUT2D eigenvalue weighted by atomic mass is 16.5. The molecule has 7 heteroatoms. The van der Waals surface area contributed by atoms with E-state index in [1.807, 2.05) is 0 Å². The molecule has 0 aromatic carbocycles. The van der Waals surface area contributed by atoms with E-state index in [4.69, 9.17) is 14.6 Å². The summed E-state index contributed by atoms with van der Waals surface area (Å²) in [7, 11) is 3.03. The van der Waals surface area contributed by atoms with Crippen molar-refractivity contribution in [2.24, 2.45) is 0 Å². The highest BCUT2D eigenvalue weighted by molar-refractivity contribution is 5.82. The highest BCUT2D eigenvalue weighted by Gasteiger charge is 2.14. The molecule has 0 aromatic heterocycles. The van der Waals surface area contributed by atoms with Gasteiger partial charge in [0.05, 0.1) is 12.7 Å². The number of carboxylic acids is 1. The van der Waals surface area contributed by atoms with Gasteiger partial charge >= 0.3 is 12.0 Å². The Balaban J connectivity index is 3.83. The summed E-state index contributed by atoms with van der Waals surface area (Å²) >= 11 is 0. The molecule has 0 rings (SSSR count). The van der Waals surface area contributed by atoms with Crippen LogP contribution in [0.4, 0.5) is 4.79 Å². The molecule has 94 valence electrons. The van der Waals surface area contributed by atoms with Crippen LogP contribution in [0.15, 0.2) is 0 Å². The predicted molar refractivity (Wildman–Crippen MR) is 56.3 cm³/mol. The first-order chi connectivity index (χ1) is 7.51. The minimum Gasteiger partial charge on any atom is -0.480 e. The molecule has 16 heavy (non-hydrogen) atoms. The zero-order chi connectivity index (χ0) is 12.6. The molecule has 0 bridgehead atoms. The first kappa shape index (κ1) is 14.7. The van der Waals surface area contributed by atoms with E-state index in [-0.39, 0.29) is 12.6 Å². The van der Waals surface area contributed by atoms with Crippen LogP contribution in [0.25, 0.3) is 0 Å². The van der Waals surface area contributed by atoms with Crippen molar-refractivity contribution in [1.29, 1.82) is 0 Å². The van der Waals surface area contributed by atoms with E-state index < -0.39 is 18.0 Å². The van der Waals surface area contributed by atoms with Gasteiger partial charge in [-0.3, -0.25) is 4.79 Å². The third kappa shape index (κ3) is 6.20. The molecule has 1 unspecified atom stereocenters. The first-order valence-corrected chi connectivity index (χ1v) is 4.80. The lowest BCUT2D eigenvalue weighted by Crippen LogP contribution is -2.47. The van der Waals surface area contributed by atoms with Gasteiger partial charge in [-0.15, -0.1) is 0 Å². The lowest BCUT2D eigenvalue weighted by Gasteiger charge is -2.16. The summed E-state index contributed by atoms with van der Waals surface area (Å²) in [5.41, 5.74) is 0. The van der Waals surface area contributed by atoms with Crippen molar-refractivity contribution < 1.29 is 24.2 Å². The van der Waals surface area contributed by atoms with Gasteiger partial charge < -0.3 is 25.2 Å². The Morgan fingerprint density at radius 1 is 1.38 bits per heavy atom. The van der Waals surface area contributed by atoms with Crippen LogP contribution in [0.1, 0.15) is 6.92 Å². The van der Waals surface area contributed by atoms with Crippen molar-refractivity contribution in [2.75, 3.05) is 27.4 Å². The van der Waals surface area contributed by atoms with Crippen molar-refractivity contribution >= 4 is 12.0 Å². The monoisotopic (exact) mass is 234 g/mol. The molecule has 0 saturated heterocycles. The Kier molecular flexibility index (Phi) is 7.23. The number of aliphatic carboxylic acids is 1. The minimum atomic E-state index is -1.09. The number of urea groups is 1. The maximum atomic E-state index is 11.2. The molecule has 2 atom stereocenters. The van der Waals surface area contributed by atoms with Crippen LogP contribution in [0, 0.1) is 0 Å². The fourth-order valence-corrected chi connectivity index (χ4v) is 0.912. The first-order valence-electron chi connectivity index (χ1n) is 4.80. The Morgan fingerprint density at radius 2 is 2.00 bits per heavy atom. The van der Waals surface area contributed by atoms with Crippen LogP contribution in [-0.4, -0.2) is 56.6 Å². The van der Waals surface area contributed by atoms with Gasteiger partial charge in [-0.2, -0.15) is 0 Å². The number of rotatable bonds is 7. The molecular formula is C9H18N2O5. The molecule has 0 heterocycles. The Morgan fingerprint density at radius 3 is 2.44 bits per heavy atom. The highest BCUT2D eigenvalue weighted by Crippen LogP contribution is 1.88. The van der Waals surface area contributed by atoms with Gasteiger partial charge in [0.25, 0.3) is 0 Å². The molecule has 0 aliphatic heterocycles. The van der Waals surface area contributed by atoms with Crippen LogP contribution < -0.4 is 10.6 Å². The standard InChI is InChI=1S/C9H18N2O5/c1-6(8(12)13)11-9(14)10-4-7(16-3)5-15-2/h6-7H,4-5H2,1-3H3,(H,12,13)(H2,10,11,14)/t6-,7?/m1/s1. The summed E-state index contributed by atoms with van der Waals surface area (Å²) in [6.07, 6.45) is -0.254. The third-order valence-corrected chi connectivity index (χ3v) is 1.89. The molecule has 0 spiro atoms. The fraction of sp³-hybridized carbons (Fsp3) is 0.778. The summed E-state index contributed by atoms with van der Waals surface area (Å²) in [4.78, 5) is 21.6. The van der Waals surface area contributed by atoms with Crippen LogP contribution >= 0.6 is 0 Å². The number of carbonyl (C=O) groups excluding carboxylic acids is 1. The second-order valence-electron chi connectivity index (χ2n) is 3.23. The van der Waals surface area contributed by atoms with Gasteiger partial charge in [-0.1, -0.05) is 0 Å². The van der Waals surface area contributed by atoms with Crippen molar-refractivity contribution in [3.63, 3.8) is 0 Å². The average Bonchev–Trinajstić information content (AvgIpc) is 2.23. The van der Waals surface area contributed by atoms with E-state index in [9.17, 15) is 9.59 Å². The molecule has 0 fully saturated rings. The number of nitrogens with one attached hydrogen (secondary N) is 2. The molecule has 7 nitrogen and oxygen atoms in total. The zero-order valence-corrected chi connectivity index (χ0v) is 9.65. The second kappa shape index (κ2) is 7.89. The van der Waals surface area contributed by atoms with E-state index in [2.05, 4.69) is 10.6 Å². The summed E-state index contributed by atoms with van der Waals surface area (Å²) < 4.78 is 9.87. The van der Waals surface area contributed by atoms with Gasteiger partial charge in [-0.05, 0) is 6.92 Å². The van der Waals surface area contributed by atoms with Crippen molar-refractivity contribution in [1.82, 2.24) is 10.6 Å². The van der Waals surface area contributed by atoms with Gasteiger partial charge in [0.2, 0.25) is 0 Å². The van der Waals surface area contributed by atoms with Crippen LogP contribution in [0.3, 0.4) is 0 Å². The summed E-state index contributed by atoms with van der Waals surface area (Å²) in [5.74, 6) is -1.09. The fourth-order valence-electron chi connectivity index (χ4n) is 0.912. The Bertz CT molecular complexity index is 234. The van der Waals surface area contributed by atoms with Crippen LogP contribution in [0.5, 0.6) is 0 Å². The number of methoxy groups -OCH3 is 2. The number of amides is 2. The average molecular weight is 234 g/mol. The predicted octanol–water partition coefficient (Wildman–Crippen LogP) is -0.580. The van der Waals surface area contributed by atoms with E-state index >= 15 is 0 Å². The number of ether oxygens (including phenoxy) is 2. The lowest BCUT2D eigenvalue weighted by molar-refractivity contribution is -0.138. The third-order valence-electron chi connectivity index (χ3n) is 1.89. The quantitative estimate of drug-likeness (QED) is 0.547. The van der Waals surface area contributed by atoms with Crippen molar-refractivity contribution in [2.45, 2.75) is 19.1 Å². The Hall–Kier alpha value is -1.34. The van der Waals surface area contributed by atoms with Gasteiger partial charge in [0.15, 0.2) is 0 Å². The van der Waals surface area contributed by atoms with Gasteiger partial charge in [-0.25, -0.2) is 4.79 Å². The largest absolute Gasteiger partial charge is 0.480 e. The molecule has 0 radical (unpaired) electrons. The minimum absolute atomic E-state index is 0.252. The van der Waals surface area contributed by atoms with Gasteiger partial charge in [0.1, 0.15) is 6.04 Å². The lowest BCUT2D eigenvalue weighted by atomic mass is 10.3. The van der Waals surface area contributed by atoms with Crippen LogP contribution in [0.2, 0.25) is 0 Å². The van der Waals surface area contributed by atoms with E-state index in [0.717, 1.165) is 0 Å². The molecule has 0 aliphatic carbocycles. The maximum Gasteiger partial charge on any atom is 0.325 e.